The highest BCUT2D eigenvalue weighted by atomic mass is 16.3. The fourth-order valence-electron chi connectivity index (χ4n) is 3.26. The van der Waals surface area contributed by atoms with Crippen molar-refractivity contribution in [1.82, 2.24) is 19.7 Å². The van der Waals surface area contributed by atoms with Gasteiger partial charge in [0.25, 0.3) is 11.5 Å². The van der Waals surface area contributed by atoms with Gasteiger partial charge in [-0.3, -0.25) is 14.6 Å². The molecule has 0 aliphatic carbocycles. The Morgan fingerprint density at radius 3 is 2.38 bits per heavy atom. The predicted octanol–water partition coefficient (Wildman–Crippen LogP) is 4.13. The molecule has 0 radical (unpaired) electrons. The number of benzene rings is 2. The maximum absolute atomic E-state index is 12.8. The van der Waals surface area contributed by atoms with Crippen molar-refractivity contribution in [2.45, 2.75) is 0 Å². The molecule has 2 aromatic carbocycles. The Balaban J connectivity index is 1.61. The van der Waals surface area contributed by atoms with Crippen LogP contribution in [0.25, 0.3) is 28.7 Å². The number of carbonyl (C=O) groups excluding carboxylic acids is 1. The zero-order valence-corrected chi connectivity index (χ0v) is 16.7. The second kappa shape index (κ2) is 8.19. The van der Waals surface area contributed by atoms with Crippen molar-refractivity contribution in [3.05, 3.63) is 107 Å². The van der Waals surface area contributed by atoms with Crippen LogP contribution >= 0.6 is 0 Å². The van der Waals surface area contributed by atoms with Gasteiger partial charge < -0.3 is 9.73 Å². The van der Waals surface area contributed by atoms with Gasteiger partial charge in [-0.05, 0) is 24.3 Å². The molecule has 32 heavy (non-hydrogen) atoms. The first-order valence-corrected chi connectivity index (χ1v) is 9.85. The summed E-state index contributed by atoms with van der Waals surface area (Å²) >= 11 is 0. The molecule has 5 rings (SSSR count). The monoisotopic (exact) mass is 423 g/mol. The molecule has 1 amide bonds. The van der Waals surface area contributed by atoms with E-state index in [2.05, 4.69) is 20.4 Å². The molecule has 0 spiro atoms. The van der Waals surface area contributed by atoms with Crippen LogP contribution < -0.4 is 10.9 Å². The molecule has 0 saturated carbocycles. The lowest BCUT2D eigenvalue weighted by Crippen LogP contribution is -2.18. The molecule has 5 aromatic rings. The third kappa shape index (κ3) is 3.84. The molecule has 2 N–H and O–H groups in total. The Bertz CT molecular complexity index is 1420. The molecule has 0 fully saturated rings. The van der Waals surface area contributed by atoms with Gasteiger partial charge in [-0.15, -0.1) is 0 Å². The Morgan fingerprint density at radius 2 is 1.66 bits per heavy atom. The van der Waals surface area contributed by atoms with Crippen molar-refractivity contribution >= 4 is 11.7 Å². The third-order valence-corrected chi connectivity index (χ3v) is 4.76. The van der Waals surface area contributed by atoms with E-state index in [-0.39, 0.29) is 17.4 Å². The number of nitrogens with one attached hydrogen (secondary N) is 2. The van der Waals surface area contributed by atoms with Crippen molar-refractivity contribution in [3.8, 4) is 28.7 Å². The number of H-pyrrole nitrogens is 1. The average molecular weight is 423 g/mol. The number of nitrogens with zero attached hydrogens (tertiary/aromatic N) is 3. The van der Waals surface area contributed by atoms with Crippen LogP contribution in [-0.2, 0) is 0 Å². The number of aromatic nitrogens is 4. The van der Waals surface area contributed by atoms with E-state index in [4.69, 9.17) is 4.42 Å². The lowest BCUT2D eigenvalue weighted by atomic mass is 10.1. The maximum atomic E-state index is 12.8. The Kier molecular flexibility index (Phi) is 4.93. The number of hydrogen-bond donors (Lipinski definition) is 2. The molecule has 0 aliphatic heterocycles. The van der Waals surface area contributed by atoms with Crippen LogP contribution in [0.5, 0.6) is 0 Å². The molecule has 3 aromatic heterocycles. The van der Waals surface area contributed by atoms with E-state index < -0.39 is 0 Å². The first-order chi connectivity index (χ1) is 15.7. The minimum Gasteiger partial charge on any atom is -0.463 e. The quantitative estimate of drug-likeness (QED) is 0.442. The number of furan rings is 1. The van der Waals surface area contributed by atoms with Crippen LogP contribution in [0.4, 0.5) is 5.82 Å². The molecule has 8 heteroatoms. The van der Waals surface area contributed by atoms with Gasteiger partial charge >= 0.3 is 0 Å². The van der Waals surface area contributed by atoms with Crippen LogP contribution in [-0.4, -0.2) is 25.7 Å². The number of carbonyl (C=O) groups is 1. The standard InChI is InChI=1S/C24H17N5O3/c30-22-15-18(16-8-3-1-4-9-16)25-24(27-22)29-21(14-19(28-29)20-12-7-13-32-20)26-23(31)17-10-5-2-6-11-17/h1-15H,(H,26,31)(H,25,27,30). The molecule has 0 unspecified atom stereocenters. The summed E-state index contributed by atoms with van der Waals surface area (Å²) in [6.07, 6.45) is 1.53. The van der Waals surface area contributed by atoms with E-state index in [0.717, 1.165) is 5.56 Å². The summed E-state index contributed by atoms with van der Waals surface area (Å²) in [5, 5.41) is 7.37. The first-order valence-electron chi connectivity index (χ1n) is 9.85. The van der Waals surface area contributed by atoms with Crippen LogP contribution in [0.3, 0.4) is 0 Å². The summed E-state index contributed by atoms with van der Waals surface area (Å²) in [4.78, 5) is 32.5. The fraction of sp³-hybridized carbons (Fsp3) is 0. The average Bonchev–Trinajstić information content (AvgIpc) is 3.50. The summed E-state index contributed by atoms with van der Waals surface area (Å²) < 4.78 is 6.83. The smallest absolute Gasteiger partial charge is 0.256 e. The Morgan fingerprint density at radius 1 is 0.906 bits per heavy atom. The van der Waals surface area contributed by atoms with Crippen molar-refractivity contribution in [1.29, 1.82) is 0 Å². The van der Waals surface area contributed by atoms with E-state index in [1.807, 2.05) is 36.4 Å². The van der Waals surface area contributed by atoms with E-state index >= 15 is 0 Å². The van der Waals surface area contributed by atoms with Crippen molar-refractivity contribution in [2.24, 2.45) is 0 Å². The van der Waals surface area contributed by atoms with Crippen LogP contribution in [0.1, 0.15) is 10.4 Å². The largest absolute Gasteiger partial charge is 0.463 e. The maximum Gasteiger partial charge on any atom is 0.256 e. The molecular weight excluding hydrogens is 406 g/mol. The summed E-state index contributed by atoms with van der Waals surface area (Å²) in [5.74, 6) is 0.691. The predicted molar refractivity (Wildman–Crippen MR) is 120 cm³/mol. The lowest BCUT2D eigenvalue weighted by molar-refractivity contribution is 0.102. The number of anilines is 1. The Hall–Kier alpha value is -4.72. The summed E-state index contributed by atoms with van der Waals surface area (Å²) in [7, 11) is 0. The summed E-state index contributed by atoms with van der Waals surface area (Å²) in [6, 6.07) is 24.7. The van der Waals surface area contributed by atoms with E-state index in [1.165, 1.54) is 17.0 Å². The topological polar surface area (TPSA) is 106 Å². The highest BCUT2D eigenvalue weighted by molar-refractivity contribution is 6.04. The molecule has 0 saturated heterocycles. The van der Waals surface area contributed by atoms with Crippen LogP contribution in [0.15, 0.2) is 100 Å². The SMILES string of the molecule is O=C(Nc1cc(-c2ccco2)nn1-c1nc(-c2ccccc2)cc(=O)[nH]1)c1ccccc1. The fourth-order valence-corrected chi connectivity index (χ4v) is 3.26. The van der Waals surface area contributed by atoms with E-state index in [1.54, 1.807) is 42.5 Å². The molecule has 0 aliphatic rings. The number of amides is 1. The third-order valence-electron chi connectivity index (χ3n) is 4.76. The zero-order valence-electron chi connectivity index (χ0n) is 16.7. The van der Waals surface area contributed by atoms with Gasteiger partial charge in [0.15, 0.2) is 5.76 Å². The molecule has 0 bridgehead atoms. The number of rotatable bonds is 5. The van der Waals surface area contributed by atoms with Gasteiger partial charge in [0.1, 0.15) is 11.5 Å². The van der Waals surface area contributed by atoms with Crippen molar-refractivity contribution in [2.75, 3.05) is 5.32 Å². The highest BCUT2D eigenvalue weighted by Gasteiger charge is 2.18. The number of hydrogen-bond acceptors (Lipinski definition) is 5. The van der Waals surface area contributed by atoms with E-state index in [9.17, 15) is 9.59 Å². The molecule has 156 valence electrons. The number of aromatic amines is 1. The minimum absolute atomic E-state index is 0.164. The highest BCUT2D eigenvalue weighted by Crippen LogP contribution is 2.25. The van der Waals surface area contributed by atoms with Crippen molar-refractivity contribution < 1.29 is 9.21 Å². The zero-order chi connectivity index (χ0) is 21.9. The molecule has 3 heterocycles. The van der Waals surface area contributed by atoms with Crippen LogP contribution in [0.2, 0.25) is 0 Å². The van der Waals surface area contributed by atoms with Gasteiger partial charge in [-0.1, -0.05) is 48.5 Å². The molecule has 0 atom stereocenters. The molecular formula is C24H17N5O3. The van der Waals surface area contributed by atoms with Gasteiger partial charge in [0.05, 0.1) is 12.0 Å². The van der Waals surface area contributed by atoms with Gasteiger partial charge in [0.2, 0.25) is 5.95 Å². The summed E-state index contributed by atoms with van der Waals surface area (Å²) in [5.41, 5.74) is 1.89. The first kappa shape index (κ1) is 19.3. The Labute approximate surface area is 182 Å². The van der Waals surface area contributed by atoms with Crippen molar-refractivity contribution in [3.63, 3.8) is 0 Å². The lowest BCUT2D eigenvalue weighted by Gasteiger charge is -2.09. The minimum atomic E-state index is -0.343. The van der Waals surface area contributed by atoms with Gasteiger partial charge in [0, 0.05) is 23.3 Å². The normalized spacial score (nSPS) is 10.8. The van der Waals surface area contributed by atoms with Crippen LogP contribution in [0, 0.1) is 0 Å². The second-order valence-corrected chi connectivity index (χ2v) is 6.94. The second-order valence-electron chi connectivity index (χ2n) is 6.94. The summed E-state index contributed by atoms with van der Waals surface area (Å²) in [6.45, 7) is 0. The molecule has 8 nitrogen and oxygen atoms in total. The van der Waals surface area contributed by atoms with Gasteiger partial charge in [-0.2, -0.15) is 9.78 Å². The van der Waals surface area contributed by atoms with Gasteiger partial charge in [-0.25, -0.2) is 4.98 Å². The van der Waals surface area contributed by atoms with E-state index in [0.29, 0.717) is 28.5 Å².